The van der Waals surface area contributed by atoms with Gasteiger partial charge in [-0.3, -0.25) is 4.90 Å². The number of methoxy groups -OCH3 is 1. The fourth-order valence-electron chi connectivity index (χ4n) is 1.27. The Hall–Kier alpha value is -1.81. The van der Waals surface area contributed by atoms with Crippen LogP contribution in [0.4, 0.5) is 0 Å². The topological polar surface area (TPSA) is 34.1 Å². The van der Waals surface area contributed by atoms with E-state index in [0.29, 0.717) is 12.4 Å². The first kappa shape index (κ1) is 18.2. The molecule has 0 aliphatic carbocycles. The van der Waals surface area contributed by atoms with Gasteiger partial charge in [-0.05, 0) is 45.7 Å². The van der Waals surface area contributed by atoms with Crippen molar-refractivity contribution in [1.29, 1.82) is 0 Å². The van der Waals surface area contributed by atoms with Crippen LogP contribution in [-0.2, 0) is 9.57 Å². The molecule has 0 bridgehead atoms. The highest BCUT2D eigenvalue weighted by atomic mass is 16.6. The first-order valence-electron chi connectivity index (χ1n) is 6.36. The standard InChI is InChI=1S/C16H26N2O2/c1-9-12-20-17-15(16(4,5)18(6)7)13(2)10-11-14(3)19-8/h9-11H,1-3,12H2,4-8H3/b11-10-,17-15-. The van der Waals surface area contributed by atoms with E-state index in [-0.39, 0.29) is 5.54 Å². The number of allylic oxidation sites excluding steroid dienone is 2. The minimum absolute atomic E-state index is 0.322. The molecule has 0 amide bonds. The van der Waals surface area contributed by atoms with Gasteiger partial charge >= 0.3 is 0 Å². The number of rotatable bonds is 9. The smallest absolute Gasteiger partial charge is 0.135 e. The summed E-state index contributed by atoms with van der Waals surface area (Å²) in [6.45, 7) is 15.8. The van der Waals surface area contributed by atoms with E-state index in [4.69, 9.17) is 9.57 Å². The van der Waals surface area contributed by atoms with Gasteiger partial charge in [-0.2, -0.15) is 0 Å². The van der Waals surface area contributed by atoms with Crippen LogP contribution < -0.4 is 0 Å². The van der Waals surface area contributed by atoms with E-state index in [1.54, 1.807) is 19.3 Å². The van der Waals surface area contributed by atoms with Crippen LogP contribution in [0.1, 0.15) is 13.8 Å². The highest BCUT2D eigenvalue weighted by molar-refractivity contribution is 6.07. The summed E-state index contributed by atoms with van der Waals surface area (Å²) in [5.41, 5.74) is 1.16. The van der Waals surface area contributed by atoms with Crippen LogP contribution in [0.15, 0.2) is 54.5 Å². The van der Waals surface area contributed by atoms with Crippen LogP contribution in [0, 0.1) is 0 Å². The molecule has 4 heteroatoms. The molecule has 0 N–H and O–H groups in total. The lowest BCUT2D eigenvalue weighted by Crippen LogP contribution is -2.46. The molecule has 112 valence electrons. The monoisotopic (exact) mass is 278 g/mol. The third kappa shape index (κ3) is 5.45. The summed E-state index contributed by atoms with van der Waals surface area (Å²) in [5.74, 6) is 0.556. The molecule has 0 aromatic heterocycles. The van der Waals surface area contributed by atoms with Crippen LogP contribution in [-0.4, -0.2) is 44.0 Å². The summed E-state index contributed by atoms with van der Waals surface area (Å²) in [6.07, 6.45) is 5.21. The Kier molecular flexibility index (Phi) is 7.62. The van der Waals surface area contributed by atoms with E-state index in [9.17, 15) is 0 Å². The van der Waals surface area contributed by atoms with Gasteiger partial charge in [0.05, 0.1) is 12.6 Å². The maximum absolute atomic E-state index is 5.23. The third-order valence-corrected chi connectivity index (χ3v) is 3.08. The highest BCUT2D eigenvalue weighted by Crippen LogP contribution is 2.19. The van der Waals surface area contributed by atoms with Gasteiger partial charge in [0.25, 0.3) is 0 Å². The van der Waals surface area contributed by atoms with E-state index in [2.05, 4.69) is 24.9 Å². The van der Waals surface area contributed by atoms with Crippen molar-refractivity contribution in [1.82, 2.24) is 4.90 Å². The minimum atomic E-state index is -0.322. The Morgan fingerprint density at radius 1 is 1.25 bits per heavy atom. The molecule has 0 rings (SSSR count). The number of nitrogens with zero attached hydrogens (tertiary/aromatic N) is 2. The minimum Gasteiger partial charge on any atom is -0.497 e. The van der Waals surface area contributed by atoms with Crippen LogP contribution in [0.3, 0.4) is 0 Å². The van der Waals surface area contributed by atoms with Crippen LogP contribution in [0.25, 0.3) is 0 Å². The summed E-state index contributed by atoms with van der Waals surface area (Å²) in [6, 6.07) is 0. The van der Waals surface area contributed by atoms with Crippen LogP contribution in [0.2, 0.25) is 0 Å². The van der Waals surface area contributed by atoms with Crippen molar-refractivity contribution in [3.63, 3.8) is 0 Å². The van der Waals surface area contributed by atoms with E-state index in [1.165, 1.54) is 0 Å². The zero-order valence-electron chi connectivity index (χ0n) is 13.3. The van der Waals surface area contributed by atoms with Gasteiger partial charge in [-0.1, -0.05) is 31.0 Å². The lowest BCUT2D eigenvalue weighted by Gasteiger charge is -2.33. The average Bonchev–Trinajstić information content (AvgIpc) is 2.40. The lowest BCUT2D eigenvalue weighted by molar-refractivity contribution is 0.166. The predicted molar refractivity (Wildman–Crippen MR) is 85.8 cm³/mol. The van der Waals surface area contributed by atoms with Crippen molar-refractivity contribution in [3.05, 3.63) is 49.3 Å². The molecule has 0 atom stereocenters. The molecule has 0 unspecified atom stereocenters. The molecule has 0 saturated heterocycles. The Bertz CT molecular complexity index is 418. The fourth-order valence-corrected chi connectivity index (χ4v) is 1.27. The molecule has 0 aromatic rings. The van der Waals surface area contributed by atoms with E-state index < -0.39 is 0 Å². The Morgan fingerprint density at radius 2 is 1.85 bits per heavy atom. The molecule has 4 nitrogen and oxygen atoms in total. The van der Waals surface area contributed by atoms with Crippen molar-refractivity contribution in [2.75, 3.05) is 27.8 Å². The quantitative estimate of drug-likeness (QED) is 0.162. The van der Waals surface area contributed by atoms with Crippen LogP contribution >= 0.6 is 0 Å². The molecule has 0 spiro atoms. The SMILES string of the molecule is C=CCO/N=C(/C(=C)/C=C\C(=C)OC)C(C)(C)N(C)C. The molecule has 0 saturated carbocycles. The van der Waals surface area contributed by atoms with Crippen molar-refractivity contribution in [2.45, 2.75) is 19.4 Å². The van der Waals surface area contributed by atoms with Gasteiger partial charge in [-0.15, -0.1) is 0 Å². The lowest BCUT2D eigenvalue weighted by atomic mass is 9.91. The van der Waals surface area contributed by atoms with Crippen molar-refractivity contribution in [2.24, 2.45) is 5.16 Å². The summed E-state index contributed by atoms with van der Waals surface area (Å²) < 4.78 is 4.99. The van der Waals surface area contributed by atoms with Gasteiger partial charge in [0.2, 0.25) is 0 Å². The number of hydrogen-bond acceptors (Lipinski definition) is 4. The van der Waals surface area contributed by atoms with Gasteiger partial charge in [0.1, 0.15) is 18.1 Å². The molecular formula is C16H26N2O2. The zero-order valence-corrected chi connectivity index (χ0v) is 13.3. The maximum atomic E-state index is 5.23. The zero-order chi connectivity index (χ0) is 15.8. The predicted octanol–water partition coefficient (Wildman–Crippen LogP) is 3.16. The molecule has 0 aliphatic rings. The summed E-state index contributed by atoms with van der Waals surface area (Å²) in [5, 5.41) is 4.19. The number of ether oxygens (including phenoxy) is 1. The summed E-state index contributed by atoms with van der Waals surface area (Å²) in [7, 11) is 5.53. The van der Waals surface area contributed by atoms with Crippen molar-refractivity contribution < 1.29 is 9.57 Å². The molecule has 0 aromatic carbocycles. The Balaban J connectivity index is 5.27. The summed E-state index contributed by atoms with van der Waals surface area (Å²) in [4.78, 5) is 7.28. The average molecular weight is 278 g/mol. The Morgan fingerprint density at radius 3 is 2.30 bits per heavy atom. The third-order valence-electron chi connectivity index (χ3n) is 3.08. The normalized spacial score (nSPS) is 12.6. The molecule has 20 heavy (non-hydrogen) atoms. The second kappa shape index (κ2) is 8.38. The first-order chi connectivity index (χ1) is 9.27. The number of hydrogen-bond donors (Lipinski definition) is 0. The maximum Gasteiger partial charge on any atom is 0.135 e. The second-order valence-corrected chi connectivity index (χ2v) is 5.01. The van der Waals surface area contributed by atoms with Crippen LogP contribution in [0.5, 0.6) is 0 Å². The van der Waals surface area contributed by atoms with E-state index in [1.807, 2.05) is 38.9 Å². The fraction of sp³-hybridized carbons (Fsp3) is 0.438. The Labute approximate surface area is 122 Å². The molecule has 0 fully saturated rings. The molecule has 0 heterocycles. The molecular weight excluding hydrogens is 252 g/mol. The van der Waals surface area contributed by atoms with E-state index >= 15 is 0 Å². The second-order valence-electron chi connectivity index (χ2n) is 5.01. The van der Waals surface area contributed by atoms with E-state index in [0.717, 1.165) is 11.3 Å². The first-order valence-corrected chi connectivity index (χ1v) is 6.36. The highest BCUT2D eigenvalue weighted by Gasteiger charge is 2.29. The van der Waals surface area contributed by atoms with Gasteiger partial charge in [0.15, 0.2) is 0 Å². The van der Waals surface area contributed by atoms with Crippen molar-refractivity contribution in [3.8, 4) is 0 Å². The molecule has 0 aliphatic heterocycles. The summed E-state index contributed by atoms with van der Waals surface area (Å²) >= 11 is 0. The van der Waals surface area contributed by atoms with Gasteiger partial charge in [0, 0.05) is 0 Å². The largest absolute Gasteiger partial charge is 0.497 e. The van der Waals surface area contributed by atoms with Gasteiger partial charge in [-0.25, -0.2) is 0 Å². The number of oxime groups is 1. The van der Waals surface area contributed by atoms with Gasteiger partial charge < -0.3 is 9.57 Å². The van der Waals surface area contributed by atoms with Crippen molar-refractivity contribution >= 4 is 5.71 Å². The molecule has 0 radical (unpaired) electrons.